The van der Waals surface area contributed by atoms with Crippen LogP contribution in [0.4, 0.5) is 0 Å². The first-order valence-corrected chi connectivity index (χ1v) is 7.34. The van der Waals surface area contributed by atoms with E-state index < -0.39 is 0 Å². The van der Waals surface area contributed by atoms with Crippen LogP contribution in [0.3, 0.4) is 0 Å². The van der Waals surface area contributed by atoms with Crippen LogP contribution in [0.1, 0.15) is 11.1 Å². The fourth-order valence-corrected chi connectivity index (χ4v) is 2.88. The first-order valence-electron chi connectivity index (χ1n) is 6.36. The molecule has 0 spiro atoms. The van der Waals surface area contributed by atoms with Crippen LogP contribution in [-0.4, -0.2) is 20.2 Å². The van der Waals surface area contributed by atoms with Gasteiger partial charge in [-0.25, -0.2) is 0 Å². The van der Waals surface area contributed by atoms with E-state index in [-0.39, 0.29) is 0 Å². The Balaban J connectivity index is 1.80. The van der Waals surface area contributed by atoms with Crippen molar-refractivity contribution in [1.82, 2.24) is 20.2 Å². The standard InChI is InChI=1S/C15H14N4S/c1-12-7-5-6-8-13(12)11-20-15-16-17-18-19(15)14-9-3-2-4-10-14/h2-10H,11H2,1H3. The summed E-state index contributed by atoms with van der Waals surface area (Å²) in [5.41, 5.74) is 3.57. The minimum atomic E-state index is 0.805. The average molecular weight is 282 g/mol. The lowest BCUT2D eigenvalue weighted by Gasteiger charge is -2.06. The van der Waals surface area contributed by atoms with E-state index in [1.165, 1.54) is 11.1 Å². The zero-order valence-corrected chi connectivity index (χ0v) is 11.9. The van der Waals surface area contributed by atoms with Crippen molar-refractivity contribution in [2.45, 2.75) is 17.8 Å². The molecule has 0 bridgehead atoms. The number of rotatable bonds is 4. The van der Waals surface area contributed by atoms with E-state index >= 15 is 0 Å². The smallest absolute Gasteiger partial charge is 0.188 e. The van der Waals surface area contributed by atoms with Crippen LogP contribution >= 0.6 is 11.8 Å². The normalized spacial score (nSPS) is 10.7. The number of hydrogen-bond acceptors (Lipinski definition) is 4. The molecule has 1 heterocycles. The summed E-state index contributed by atoms with van der Waals surface area (Å²) in [4.78, 5) is 0. The molecule has 0 aliphatic rings. The number of aromatic nitrogens is 4. The van der Waals surface area contributed by atoms with E-state index in [1.807, 2.05) is 30.3 Å². The van der Waals surface area contributed by atoms with Gasteiger partial charge in [-0.05, 0) is 40.6 Å². The number of benzene rings is 2. The molecule has 0 radical (unpaired) electrons. The van der Waals surface area contributed by atoms with Gasteiger partial charge in [-0.1, -0.05) is 54.2 Å². The van der Waals surface area contributed by atoms with Gasteiger partial charge >= 0.3 is 0 Å². The topological polar surface area (TPSA) is 43.6 Å². The van der Waals surface area contributed by atoms with Crippen molar-refractivity contribution < 1.29 is 0 Å². The maximum absolute atomic E-state index is 4.10. The molecule has 0 amide bonds. The van der Waals surface area contributed by atoms with Gasteiger partial charge in [0.05, 0.1) is 5.69 Å². The van der Waals surface area contributed by atoms with Crippen LogP contribution in [0, 0.1) is 6.92 Å². The van der Waals surface area contributed by atoms with E-state index in [0.717, 1.165) is 16.6 Å². The molecule has 3 rings (SSSR count). The minimum absolute atomic E-state index is 0.805. The average Bonchev–Trinajstić information content (AvgIpc) is 2.96. The molecular formula is C15H14N4S. The van der Waals surface area contributed by atoms with Crippen molar-refractivity contribution in [3.63, 3.8) is 0 Å². The Morgan fingerprint density at radius 1 is 1.00 bits per heavy atom. The zero-order chi connectivity index (χ0) is 13.8. The molecule has 0 N–H and O–H groups in total. The third-order valence-electron chi connectivity index (χ3n) is 3.06. The molecule has 20 heavy (non-hydrogen) atoms. The van der Waals surface area contributed by atoms with Crippen molar-refractivity contribution >= 4 is 11.8 Å². The van der Waals surface area contributed by atoms with Gasteiger partial charge in [0.25, 0.3) is 0 Å². The third kappa shape index (κ3) is 2.72. The highest BCUT2D eigenvalue weighted by Gasteiger charge is 2.09. The van der Waals surface area contributed by atoms with Crippen molar-refractivity contribution in [3.8, 4) is 5.69 Å². The maximum Gasteiger partial charge on any atom is 0.214 e. The van der Waals surface area contributed by atoms with Crippen LogP contribution in [-0.2, 0) is 5.75 Å². The molecule has 0 fully saturated rings. The molecule has 0 atom stereocenters. The second-order valence-electron chi connectivity index (χ2n) is 4.42. The van der Waals surface area contributed by atoms with Crippen molar-refractivity contribution in [2.75, 3.05) is 0 Å². The summed E-state index contributed by atoms with van der Waals surface area (Å²) < 4.78 is 1.77. The summed E-state index contributed by atoms with van der Waals surface area (Å²) >= 11 is 1.64. The van der Waals surface area contributed by atoms with E-state index in [9.17, 15) is 0 Å². The van der Waals surface area contributed by atoms with Crippen LogP contribution in [0.2, 0.25) is 0 Å². The van der Waals surface area contributed by atoms with E-state index in [1.54, 1.807) is 16.4 Å². The first kappa shape index (κ1) is 12.9. The van der Waals surface area contributed by atoms with Crippen LogP contribution in [0.15, 0.2) is 59.8 Å². The molecule has 1 aromatic heterocycles. The second kappa shape index (κ2) is 5.88. The van der Waals surface area contributed by atoms with E-state index in [2.05, 4.69) is 46.7 Å². The summed E-state index contributed by atoms with van der Waals surface area (Å²) in [5, 5.41) is 12.7. The van der Waals surface area contributed by atoms with Crippen LogP contribution in [0.25, 0.3) is 5.69 Å². The second-order valence-corrected chi connectivity index (χ2v) is 5.37. The summed E-state index contributed by atoms with van der Waals surface area (Å²) in [5.74, 6) is 0.861. The summed E-state index contributed by atoms with van der Waals surface area (Å²) in [6.45, 7) is 2.12. The molecule has 0 saturated carbocycles. The zero-order valence-electron chi connectivity index (χ0n) is 11.1. The number of tetrazole rings is 1. The van der Waals surface area contributed by atoms with Gasteiger partial charge in [0.2, 0.25) is 5.16 Å². The molecule has 0 aliphatic heterocycles. The highest BCUT2D eigenvalue weighted by molar-refractivity contribution is 7.98. The Morgan fingerprint density at radius 3 is 2.55 bits per heavy atom. The molecule has 2 aromatic carbocycles. The minimum Gasteiger partial charge on any atom is -0.188 e. The molecule has 4 nitrogen and oxygen atoms in total. The predicted octanol–water partition coefficient (Wildman–Crippen LogP) is 3.26. The third-order valence-corrected chi connectivity index (χ3v) is 4.03. The Morgan fingerprint density at radius 2 is 1.75 bits per heavy atom. The fraction of sp³-hybridized carbons (Fsp3) is 0.133. The predicted molar refractivity (Wildman–Crippen MR) is 79.9 cm³/mol. The first-order chi connectivity index (χ1) is 9.84. The van der Waals surface area contributed by atoms with Gasteiger partial charge in [-0.3, -0.25) is 0 Å². The molecule has 0 aliphatic carbocycles. The maximum atomic E-state index is 4.10. The molecule has 0 saturated heterocycles. The highest BCUT2D eigenvalue weighted by Crippen LogP contribution is 2.23. The van der Waals surface area contributed by atoms with Gasteiger partial charge in [-0.2, -0.15) is 4.68 Å². The lowest BCUT2D eigenvalue weighted by Crippen LogP contribution is -1.98. The lowest BCUT2D eigenvalue weighted by molar-refractivity contribution is 0.756. The Bertz CT molecular complexity index is 694. The quantitative estimate of drug-likeness (QED) is 0.689. The van der Waals surface area contributed by atoms with Gasteiger partial charge < -0.3 is 0 Å². The lowest BCUT2D eigenvalue weighted by atomic mass is 10.1. The number of hydrogen-bond donors (Lipinski definition) is 0. The Kier molecular flexibility index (Phi) is 3.78. The monoisotopic (exact) mass is 282 g/mol. The number of para-hydroxylation sites is 1. The summed E-state index contributed by atoms with van der Waals surface area (Å²) in [6.07, 6.45) is 0. The largest absolute Gasteiger partial charge is 0.214 e. The van der Waals surface area contributed by atoms with E-state index in [4.69, 9.17) is 0 Å². The van der Waals surface area contributed by atoms with Crippen molar-refractivity contribution in [3.05, 3.63) is 65.7 Å². The Labute approximate surface area is 121 Å². The van der Waals surface area contributed by atoms with Gasteiger partial charge in [0.15, 0.2) is 0 Å². The van der Waals surface area contributed by atoms with Crippen molar-refractivity contribution in [1.29, 1.82) is 0 Å². The van der Waals surface area contributed by atoms with Gasteiger partial charge in [0, 0.05) is 5.75 Å². The number of aryl methyl sites for hydroxylation is 1. The fourth-order valence-electron chi connectivity index (χ4n) is 1.91. The van der Waals surface area contributed by atoms with E-state index in [0.29, 0.717) is 0 Å². The molecule has 5 heteroatoms. The highest BCUT2D eigenvalue weighted by atomic mass is 32.2. The molecular weight excluding hydrogens is 268 g/mol. The molecule has 3 aromatic rings. The SMILES string of the molecule is Cc1ccccc1CSc1nnnn1-c1ccccc1. The Hall–Kier alpha value is -2.14. The molecule has 100 valence electrons. The van der Waals surface area contributed by atoms with Crippen LogP contribution in [0.5, 0.6) is 0 Å². The number of thioether (sulfide) groups is 1. The number of nitrogens with zero attached hydrogens (tertiary/aromatic N) is 4. The summed E-state index contributed by atoms with van der Waals surface area (Å²) in [6, 6.07) is 18.3. The van der Waals surface area contributed by atoms with Gasteiger partial charge in [-0.15, -0.1) is 5.10 Å². The van der Waals surface area contributed by atoms with Gasteiger partial charge in [0.1, 0.15) is 0 Å². The molecule has 0 unspecified atom stereocenters. The van der Waals surface area contributed by atoms with Crippen LogP contribution < -0.4 is 0 Å². The van der Waals surface area contributed by atoms with Crippen molar-refractivity contribution in [2.24, 2.45) is 0 Å². The summed E-state index contributed by atoms with van der Waals surface area (Å²) in [7, 11) is 0.